The molecular weight excluding hydrogens is 447 g/mol. The first-order chi connectivity index (χ1) is 14.6. The Hall–Kier alpha value is -2.00. The number of amides is 1. The normalized spacial score (nSPS) is 12.0. The minimum atomic E-state index is -4.36. The summed E-state index contributed by atoms with van der Waals surface area (Å²) in [6.07, 6.45) is -1.09. The van der Waals surface area contributed by atoms with Crippen LogP contribution in [-0.4, -0.2) is 20.1 Å². The fraction of sp³-hybridized carbons (Fsp3) is 0.409. The molecule has 2 aromatic rings. The number of hydrogen-bond donors (Lipinski definition) is 1. The van der Waals surface area contributed by atoms with Crippen molar-refractivity contribution in [1.29, 1.82) is 0 Å². The SMILES string of the molecule is CCCCCCS(=O)(=O)NC(=O)c1ccc(CSCc2cccc(C(F)(F)F)c2)cc1. The van der Waals surface area contributed by atoms with Crippen LogP contribution in [0.25, 0.3) is 0 Å². The summed E-state index contributed by atoms with van der Waals surface area (Å²) in [5, 5.41) is 0. The summed E-state index contributed by atoms with van der Waals surface area (Å²) in [5.74, 6) is 0.220. The molecule has 4 nitrogen and oxygen atoms in total. The summed E-state index contributed by atoms with van der Waals surface area (Å²) in [6.45, 7) is 2.03. The van der Waals surface area contributed by atoms with Gasteiger partial charge in [0.25, 0.3) is 5.91 Å². The maximum absolute atomic E-state index is 12.8. The monoisotopic (exact) mass is 473 g/mol. The first-order valence-corrected chi connectivity index (χ1v) is 12.8. The van der Waals surface area contributed by atoms with E-state index in [1.807, 2.05) is 6.92 Å². The fourth-order valence-corrected chi connectivity index (χ4v) is 4.88. The van der Waals surface area contributed by atoms with E-state index in [1.165, 1.54) is 17.8 Å². The Balaban J connectivity index is 1.84. The number of unbranched alkanes of at least 4 members (excludes halogenated alkanes) is 3. The Morgan fingerprint density at radius 1 is 0.968 bits per heavy atom. The molecule has 2 rings (SSSR count). The van der Waals surface area contributed by atoms with Crippen LogP contribution < -0.4 is 4.72 Å². The second-order valence-electron chi connectivity index (χ2n) is 7.20. The quantitative estimate of drug-likeness (QED) is 0.420. The maximum atomic E-state index is 12.8. The number of hydrogen-bond acceptors (Lipinski definition) is 4. The van der Waals surface area contributed by atoms with Gasteiger partial charge in [-0.05, 0) is 35.7 Å². The number of alkyl halides is 3. The van der Waals surface area contributed by atoms with E-state index in [9.17, 15) is 26.4 Å². The molecule has 0 fully saturated rings. The number of carbonyl (C=O) groups excluding carboxylic acids is 1. The summed E-state index contributed by atoms with van der Waals surface area (Å²) in [6, 6.07) is 11.7. The standard InChI is InChI=1S/C22H26F3NO3S2/c1-2-3-4-5-13-31(28,29)26-21(27)19-11-9-17(10-12-19)15-30-16-18-7-6-8-20(14-18)22(23,24)25/h6-12,14H,2-5,13,15-16H2,1H3,(H,26,27). The van der Waals surface area contributed by atoms with Gasteiger partial charge in [-0.3, -0.25) is 4.79 Å². The van der Waals surface area contributed by atoms with E-state index in [1.54, 1.807) is 30.3 Å². The van der Waals surface area contributed by atoms with Crippen molar-refractivity contribution in [2.45, 2.75) is 50.3 Å². The van der Waals surface area contributed by atoms with Crippen LogP contribution in [0.5, 0.6) is 0 Å². The number of carbonyl (C=O) groups is 1. The zero-order valence-electron chi connectivity index (χ0n) is 17.2. The molecule has 0 aliphatic heterocycles. The van der Waals surface area contributed by atoms with Crippen LogP contribution in [0.2, 0.25) is 0 Å². The van der Waals surface area contributed by atoms with Crippen molar-refractivity contribution in [1.82, 2.24) is 4.72 Å². The minimum absolute atomic E-state index is 0.0804. The summed E-state index contributed by atoms with van der Waals surface area (Å²) >= 11 is 1.45. The fourth-order valence-electron chi connectivity index (χ4n) is 2.85. The molecule has 0 saturated carbocycles. The van der Waals surface area contributed by atoms with Gasteiger partial charge in [-0.25, -0.2) is 13.1 Å². The number of nitrogens with one attached hydrogen (secondary N) is 1. The topological polar surface area (TPSA) is 63.2 Å². The van der Waals surface area contributed by atoms with Crippen molar-refractivity contribution in [3.05, 3.63) is 70.8 Å². The summed E-state index contributed by atoms with van der Waals surface area (Å²) in [7, 11) is -3.66. The minimum Gasteiger partial charge on any atom is -0.268 e. The van der Waals surface area contributed by atoms with Crippen molar-refractivity contribution < 1.29 is 26.4 Å². The number of rotatable bonds is 11. The number of sulfonamides is 1. The first kappa shape index (κ1) is 25.3. The Labute approximate surface area is 185 Å². The number of benzene rings is 2. The predicted molar refractivity (Wildman–Crippen MR) is 118 cm³/mol. The highest BCUT2D eigenvalue weighted by Crippen LogP contribution is 2.30. The average molecular weight is 474 g/mol. The molecule has 0 spiro atoms. The van der Waals surface area contributed by atoms with Crippen molar-refractivity contribution in [3.63, 3.8) is 0 Å². The molecule has 0 bridgehead atoms. The molecule has 9 heteroatoms. The highest BCUT2D eigenvalue weighted by atomic mass is 32.2. The Morgan fingerprint density at radius 2 is 1.65 bits per heavy atom. The van der Waals surface area contributed by atoms with Crippen molar-refractivity contribution in [2.24, 2.45) is 0 Å². The molecule has 170 valence electrons. The van der Waals surface area contributed by atoms with Crippen LogP contribution >= 0.6 is 11.8 Å². The molecule has 31 heavy (non-hydrogen) atoms. The van der Waals surface area contributed by atoms with E-state index in [4.69, 9.17) is 0 Å². The molecule has 2 aromatic carbocycles. The van der Waals surface area contributed by atoms with Gasteiger partial charge in [0.1, 0.15) is 0 Å². The van der Waals surface area contributed by atoms with Gasteiger partial charge in [-0.1, -0.05) is 56.5 Å². The second kappa shape index (κ2) is 11.6. The number of halogens is 3. The zero-order chi connectivity index (χ0) is 22.9. The highest BCUT2D eigenvalue weighted by Gasteiger charge is 2.30. The highest BCUT2D eigenvalue weighted by molar-refractivity contribution is 7.97. The van der Waals surface area contributed by atoms with Gasteiger partial charge >= 0.3 is 6.18 Å². The van der Waals surface area contributed by atoms with Gasteiger partial charge in [0.15, 0.2) is 0 Å². The van der Waals surface area contributed by atoms with Crippen LogP contribution in [0.3, 0.4) is 0 Å². The Kier molecular flexibility index (Phi) is 9.43. The van der Waals surface area contributed by atoms with Gasteiger partial charge in [-0.2, -0.15) is 24.9 Å². The van der Waals surface area contributed by atoms with E-state index in [0.717, 1.165) is 37.0 Å². The summed E-state index contributed by atoms with van der Waals surface area (Å²) in [4.78, 5) is 12.2. The van der Waals surface area contributed by atoms with Crippen LogP contribution in [0.15, 0.2) is 48.5 Å². The van der Waals surface area contributed by atoms with Crippen LogP contribution in [0.1, 0.15) is 59.7 Å². The maximum Gasteiger partial charge on any atom is 0.416 e. The molecule has 0 aliphatic rings. The van der Waals surface area contributed by atoms with Crippen LogP contribution in [0.4, 0.5) is 13.2 Å². The van der Waals surface area contributed by atoms with Crippen molar-refractivity contribution in [2.75, 3.05) is 5.75 Å². The smallest absolute Gasteiger partial charge is 0.268 e. The van der Waals surface area contributed by atoms with Crippen molar-refractivity contribution >= 4 is 27.7 Å². The first-order valence-electron chi connectivity index (χ1n) is 9.98. The van der Waals surface area contributed by atoms with Gasteiger partial charge < -0.3 is 0 Å². The molecule has 0 radical (unpaired) electrons. The Morgan fingerprint density at radius 3 is 2.29 bits per heavy atom. The third-order valence-corrected chi connectivity index (χ3v) is 6.92. The Bertz CT molecular complexity index is 959. The molecular formula is C22H26F3NO3S2. The second-order valence-corrected chi connectivity index (χ2v) is 10.0. The molecule has 0 saturated heterocycles. The lowest BCUT2D eigenvalue weighted by atomic mass is 10.1. The molecule has 0 aliphatic carbocycles. The lowest BCUT2D eigenvalue weighted by Gasteiger charge is -2.09. The van der Waals surface area contributed by atoms with E-state index < -0.39 is 27.7 Å². The van der Waals surface area contributed by atoms with Crippen LogP contribution in [-0.2, 0) is 27.7 Å². The van der Waals surface area contributed by atoms with Gasteiger partial charge in [-0.15, -0.1) is 0 Å². The van der Waals surface area contributed by atoms with E-state index in [-0.39, 0.29) is 11.3 Å². The largest absolute Gasteiger partial charge is 0.416 e. The predicted octanol–water partition coefficient (Wildman–Crippen LogP) is 5.78. The molecule has 0 atom stereocenters. The lowest BCUT2D eigenvalue weighted by molar-refractivity contribution is -0.137. The summed E-state index contributed by atoms with van der Waals surface area (Å²) in [5.41, 5.74) is 1.04. The van der Waals surface area contributed by atoms with E-state index >= 15 is 0 Å². The van der Waals surface area contributed by atoms with Crippen molar-refractivity contribution in [3.8, 4) is 0 Å². The zero-order valence-corrected chi connectivity index (χ0v) is 18.9. The van der Waals surface area contributed by atoms with E-state index in [0.29, 0.717) is 23.5 Å². The van der Waals surface area contributed by atoms with Gasteiger partial charge in [0, 0.05) is 17.1 Å². The van der Waals surface area contributed by atoms with Crippen LogP contribution in [0, 0.1) is 0 Å². The lowest BCUT2D eigenvalue weighted by Crippen LogP contribution is -2.32. The van der Waals surface area contributed by atoms with Gasteiger partial charge in [0.2, 0.25) is 10.0 Å². The third-order valence-electron chi connectivity index (χ3n) is 4.52. The molecule has 1 amide bonds. The molecule has 0 unspecified atom stereocenters. The average Bonchev–Trinajstić information content (AvgIpc) is 2.71. The van der Waals surface area contributed by atoms with E-state index in [2.05, 4.69) is 4.72 Å². The molecule has 1 N–H and O–H groups in total. The summed E-state index contributed by atoms with van der Waals surface area (Å²) < 4.78 is 64.4. The third kappa shape index (κ3) is 8.95. The number of thioether (sulfide) groups is 1. The molecule has 0 aromatic heterocycles. The molecule has 0 heterocycles. The van der Waals surface area contributed by atoms with Gasteiger partial charge in [0.05, 0.1) is 11.3 Å².